The molecule has 2 amide bonds. The Morgan fingerprint density at radius 3 is 2.53 bits per heavy atom. The Hall–Kier alpha value is -2.51. The van der Waals surface area contributed by atoms with Crippen molar-refractivity contribution in [1.82, 2.24) is 14.6 Å². The van der Waals surface area contributed by atoms with Crippen molar-refractivity contribution in [3.05, 3.63) is 41.4 Å². The Morgan fingerprint density at radius 1 is 1.23 bits per heavy atom. The first-order valence-electron chi connectivity index (χ1n) is 8.75. The van der Waals surface area contributed by atoms with Crippen molar-refractivity contribution in [1.29, 1.82) is 0 Å². The Bertz CT molecular complexity index is 1010. The van der Waals surface area contributed by atoms with Crippen molar-refractivity contribution < 1.29 is 31.2 Å². The monoisotopic (exact) mass is 462 g/mol. The van der Waals surface area contributed by atoms with E-state index in [1.807, 2.05) is 0 Å². The van der Waals surface area contributed by atoms with Crippen LogP contribution in [-0.2, 0) is 14.8 Å². The van der Waals surface area contributed by atoms with Crippen molar-refractivity contribution in [3.8, 4) is 0 Å². The Balaban J connectivity index is 1.72. The number of nitrogens with zero attached hydrogens (tertiary/aromatic N) is 2. The molecule has 1 atom stereocenters. The van der Waals surface area contributed by atoms with Crippen LogP contribution < -0.4 is 10.6 Å². The van der Waals surface area contributed by atoms with Gasteiger partial charge in [0, 0.05) is 23.7 Å². The van der Waals surface area contributed by atoms with Crippen LogP contribution in [-0.4, -0.2) is 54.8 Å². The number of aromatic nitrogens is 1. The fourth-order valence-electron chi connectivity index (χ4n) is 2.96. The molecule has 0 aliphatic carbocycles. The van der Waals surface area contributed by atoms with Crippen LogP contribution in [0, 0.1) is 0 Å². The number of sulfonamides is 1. The molecule has 1 fully saturated rings. The molecule has 0 unspecified atom stereocenters. The number of alkyl halides is 3. The molecule has 1 aromatic heterocycles. The van der Waals surface area contributed by atoms with Crippen LogP contribution in [0.25, 0.3) is 0 Å². The minimum atomic E-state index is -4.55. The van der Waals surface area contributed by atoms with Gasteiger partial charge in [0.2, 0.25) is 15.9 Å². The zero-order valence-electron chi connectivity index (χ0n) is 15.3. The summed E-state index contributed by atoms with van der Waals surface area (Å²) in [6.07, 6.45) is -2.21. The van der Waals surface area contributed by atoms with Crippen LogP contribution in [0.4, 0.5) is 18.3 Å². The number of rotatable bonds is 6. The van der Waals surface area contributed by atoms with Gasteiger partial charge in [0.15, 0.2) is 5.13 Å². The maximum Gasteiger partial charge on any atom is 0.405 e. The van der Waals surface area contributed by atoms with Crippen LogP contribution in [0.2, 0.25) is 0 Å². The third-order valence-electron chi connectivity index (χ3n) is 4.34. The smallest absolute Gasteiger partial charge is 0.343 e. The molecule has 0 radical (unpaired) electrons. The van der Waals surface area contributed by atoms with Crippen molar-refractivity contribution in [2.45, 2.75) is 30.0 Å². The molecule has 162 valence electrons. The predicted octanol–water partition coefficient (Wildman–Crippen LogP) is 2.23. The van der Waals surface area contributed by atoms with Gasteiger partial charge in [-0.15, -0.1) is 11.3 Å². The molecule has 2 aromatic rings. The molecular formula is C17H17F3N4O4S2. The van der Waals surface area contributed by atoms with Gasteiger partial charge in [-0.05, 0) is 37.1 Å². The maximum absolute atomic E-state index is 13.0. The molecule has 1 aliphatic rings. The molecule has 8 nitrogen and oxygen atoms in total. The van der Waals surface area contributed by atoms with E-state index in [0.29, 0.717) is 18.0 Å². The molecule has 2 N–H and O–H groups in total. The average Bonchev–Trinajstić information content (AvgIpc) is 3.37. The second-order valence-corrected chi connectivity index (χ2v) is 9.21. The van der Waals surface area contributed by atoms with Gasteiger partial charge in [-0.1, -0.05) is 0 Å². The molecule has 2 heterocycles. The zero-order chi connectivity index (χ0) is 21.9. The van der Waals surface area contributed by atoms with E-state index in [1.165, 1.54) is 17.5 Å². The van der Waals surface area contributed by atoms with Crippen molar-refractivity contribution >= 4 is 38.3 Å². The highest BCUT2D eigenvalue weighted by Crippen LogP contribution is 2.27. The third kappa shape index (κ3) is 5.15. The summed E-state index contributed by atoms with van der Waals surface area (Å²) in [4.78, 5) is 28.1. The van der Waals surface area contributed by atoms with E-state index in [9.17, 15) is 31.2 Å². The zero-order valence-corrected chi connectivity index (χ0v) is 17.0. The van der Waals surface area contributed by atoms with E-state index in [-0.39, 0.29) is 17.0 Å². The molecule has 13 heteroatoms. The van der Waals surface area contributed by atoms with Gasteiger partial charge < -0.3 is 10.6 Å². The van der Waals surface area contributed by atoms with E-state index in [1.54, 1.807) is 10.7 Å². The summed E-state index contributed by atoms with van der Waals surface area (Å²) in [5, 5.41) is 6.33. The van der Waals surface area contributed by atoms with Crippen molar-refractivity contribution in [3.63, 3.8) is 0 Å². The number of anilines is 1. The Morgan fingerprint density at radius 2 is 1.93 bits per heavy atom. The molecule has 0 saturated carbocycles. The highest BCUT2D eigenvalue weighted by molar-refractivity contribution is 7.89. The summed E-state index contributed by atoms with van der Waals surface area (Å²) >= 11 is 1.21. The Labute approximate surface area is 174 Å². The summed E-state index contributed by atoms with van der Waals surface area (Å²) in [7, 11) is -4.05. The highest BCUT2D eigenvalue weighted by Gasteiger charge is 2.39. The number of benzene rings is 1. The minimum absolute atomic E-state index is 0.113. The number of thiazole rings is 1. The van der Waals surface area contributed by atoms with Gasteiger partial charge in [0.05, 0.1) is 4.90 Å². The van der Waals surface area contributed by atoms with E-state index in [2.05, 4.69) is 10.3 Å². The van der Waals surface area contributed by atoms with Crippen LogP contribution >= 0.6 is 11.3 Å². The first kappa shape index (κ1) is 22.2. The van der Waals surface area contributed by atoms with Crippen LogP contribution in [0.3, 0.4) is 0 Å². The minimum Gasteiger partial charge on any atom is -0.343 e. The fraction of sp³-hybridized carbons (Fsp3) is 0.353. The van der Waals surface area contributed by atoms with Gasteiger partial charge in [0.1, 0.15) is 12.6 Å². The standard InChI is InChI=1S/C17H17F3N4O4S2/c18-17(19,20)10-22-14(25)11-3-5-12(6-4-11)30(27,28)24-8-1-2-13(24)15(26)23-16-21-7-9-29-16/h3-7,9,13H,1-2,8,10H2,(H,22,25)(H,21,23,26)/t13-/m0/s1. The van der Waals surface area contributed by atoms with Crippen molar-refractivity contribution in [2.75, 3.05) is 18.4 Å². The normalized spacial score (nSPS) is 17.6. The molecule has 1 aliphatic heterocycles. The van der Waals surface area contributed by atoms with Crippen LogP contribution in [0.1, 0.15) is 23.2 Å². The second-order valence-electron chi connectivity index (χ2n) is 6.42. The summed E-state index contributed by atoms with van der Waals surface area (Å²) in [5.41, 5.74) is -0.113. The summed E-state index contributed by atoms with van der Waals surface area (Å²) in [6.45, 7) is -1.35. The summed E-state index contributed by atoms with van der Waals surface area (Å²) in [5.74, 6) is -1.47. The largest absolute Gasteiger partial charge is 0.405 e. The van der Waals surface area contributed by atoms with E-state index >= 15 is 0 Å². The number of hydrogen-bond acceptors (Lipinski definition) is 6. The average molecular weight is 462 g/mol. The molecule has 1 aromatic carbocycles. The topological polar surface area (TPSA) is 108 Å². The van der Waals surface area contributed by atoms with Gasteiger partial charge in [-0.2, -0.15) is 17.5 Å². The second kappa shape index (κ2) is 8.70. The third-order valence-corrected chi connectivity index (χ3v) is 6.95. The lowest BCUT2D eigenvalue weighted by molar-refractivity contribution is -0.123. The molecule has 3 rings (SSSR count). The Kier molecular flexibility index (Phi) is 6.43. The summed E-state index contributed by atoms with van der Waals surface area (Å²) in [6, 6.07) is 3.60. The lowest BCUT2D eigenvalue weighted by atomic mass is 10.2. The first-order valence-corrected chi connectivity index (χ1v) is 11.1. The van der Waals surface area contributed by atoms with Gasteiger partial charge >= 0.3 is 6.18 Å². The van der Waals surface area contributed by atoms with Gasteiger partial charge in [0.25, 0.3) is 5.91 Å². The lowest BCUT2D eigenvalue weighted by Gasteiger charge is -2.23. The number of hydrogen-bond donors (Lipinski definition) is 2. The van der Waals surface area contributed by atoms with E-state index < -0.39 is 40.6 Å². The molecule has 1 saturated heterocycles. The number of halogens is 3. The van der Waals surface area contributed by atoms with E-state index in [4.69, 9.17) is 0 Å². The fourth-order valence-corrected chi connectivity index (χ4v) is 5.15. The maximum atomic E-state index is 13.0. The van der Waals surface area contributed by atoms with Gasteiger partial charge in [-0.3, -0.25) is 9.59 Å². The SMILES string of the molecule is O=C(NCC(F)(F)F)c1ccc(S(=O)(=O)N2CCC[C@H]2C(=O)Nc2nccs2)cc1. The molecule has 0 spiro atoms. The number of nitrogens with one attached hydrogen (secondary N) is 2. The first-order chi connectivity index (χ1) is 14.1. The predicted molar refractivity (Wildman–Crippen MR) is 102 cm³/mol. The quantitative estimate of drug-likeness (QED) is 0.685. The number of amides is 2. The molecule has 30 heavy (non-hydrogen) atoms. The lowest BCUT2D eigenvalue weighted by Crippen LogP contribution is -2.43. The molecule has 0 bridgehead atoms. The number of carbonyl (C=O) groups is 2. The number of carbonyl (C=O) groups excluding carboxylic acids is 2. The summed E-state index contributed by atoms with van der Waals surface area (Å²) < 4.78 is 63.7. The van der Waals surface area contributed by atoms with E-state index in [0.717, 1.165) is 28.6 Å². The van der Waals surface area contributed by atoms with Crippen LogP contribution in [0.15, 0.2) is 40.7 Å². The van der Waals surface area contributed by atoms with Crippen LogP contribution in [0.5, 0.6) is 0 Å². The van der Waals surface area contributed by atoms with Gasteiger partial charge in [-0.25, -0.2) is 13.4 Å². The molecular weight excluding hydrogens is 445 g/mol. The van der Waals surface area contributed by atoms with Crippen molar-refractivity contribution in [2.24, 2.45) is 0 Å². The highest BCUT2D eigenvalue weighted by atomic mass is 32.2.